The van der Waals surface area contributed by atoms with E-state index in [4.69, 9.17) is 9.40 Å². The number of oxazole rings is 1. The van der Waals surface area contributed by atoms with Gasteiger partial charge in [-0.25, -0.2) is 4.98 Å². The van der Waals surface area contributed by atoms with Crippen LogP contribution in [0.15, 0.2) is 51.9 Å². The first-order valence-electron chi connectivity index (χ1n) is 10.1. The molecule has 6 heteroatoms. The highest BCUT2D eigenvalue weighted by molar-refractivity contribution is 7.98. The molecule has 3 heterocycles. The fourth-order valence-corrected chi connectivity index (χ4v) is 4.05. The molecule has 29 heavy (non-hydrogen) atoms. The van der Waals surface area contributed by atoms with E-state index < -0.39 is 0 Å². The number of thioether (sulfide) groups is 1. The molecule has 0 saturated carbocycles. The van der Waals surface area contributed by atoms with Gasteiger partial charge in [-0.05, 0) is 56.0 Å². The lowest BCUT2D eigenvalue weighted by atomic mass is 10.2. The topological polar surface area (TPSA) is 45.4 Å². The zero-order chi connectivity index (χ0) is 20.2. The molecule has 0 unspecified atom stereocenters. The molecule has 4 rings (SSSR count). The molecule has 0 atom stereocenters. The van der Waals surface area contributed by atoms with Gasteiger partial charge >= 0.3 is 0 Å². The van der Waals surface area contributed by atoms with Crippen molar-refractivity contribution in [2.45, 2.75) is 31.8 Å². The standard InChI is InChI=1S/C23H28N4OS/c1-17-5-4-10-24-21(17)15-26-11-13-27(14-12-26)16-22-18(2)28-23(25-22)19-6-8-20(29-3)9-7-19/h4-10H,11-16H2,1-3H3. The zero-order valence-corrected chi connectivity index (χ0v) is 18.2. The highest BCUT2D eigenvalue weighted by atomic mass is 32.2. The lowest BCUT2D eigenvalue weighted by Crippen LogP contribution is -2.45. The van der Waals surface area contributed by atoms with E-state index in [9.17, 15) is 0 Å². The minimum absolute atomic E-state index is 0.717. The van der Waals surface area contributed by atoms with Crippen LogP contribution in [0.3, 0.4) is 0 Å². The summed E-state index contributed by atoms with van der Waals surface area (Å²) in [6, 6.07) is 12.5. The Bertz CT molecular complexity index is 946. The van der Waals surface area contributed by atoms with Crippen molar-refractivity contribution in [3.63, 3.8) is 0 Å². The first-order chi connectivity index (χ1) is 14.1. The van der Waals surface area contributed by atoms with Gasteiger partial charge < -0.3 is 4.42 Å². The zero-order valence-electron chi connectivity index (χ0n) is 17.4. The summed E-state index contributed by atoms with van der Waals surface area (Å²) in [5, 5.41) is 0. The summed E-state index contributed by atoms with van der Waals surface area (Å²) in [7, 11) is 0. The SMILES string of the molecule is CSc1ccc(-c2nc(CN3CCN(Cc4ncccc4C)CC3)c(C)o2)cc1. The molecule has 0 aliphatic carbocycles. The molecule has 0 bridgehead atoms. The van der Waals surface area contributed by atoms with Crippen molar-refractivity contribution in [3.05, 3.63) is 65.3 Å². The Labute approximate surface area is 177 Å². The van der Waals surface area contributed by atoms with Crippen molar-refractivity contribution in [3.8, 4) is 11.5 Å². The van der Waals surface area contributed by atoms with Gasteiger partial charge in [0.15, 0.2) is 0 Å². The van der Waals surface area contributed by atoms with Crippen LogP contribution in [0.4, 0.5) is 0 Å². The molecule has 3 aromatic rings. The number of aryl methyl sites for hydroxylation is 2. The first kappa shape index (κ1) is 20.1. The van der Waals surface area contributed by atoms with Crippen LogP contribution in [0.5, 0.6) is 0 Å². The summed E-state index contributed by atoms with van der Waals surface area (Å²) in [6.45, 7) is 10.1. The number of benzene rings is 1. The molecule has 2 aromatic heterocycles. The highest BCUT2D eigenvalue weighted by Crippen LogP contribution is 2.25. The molecule has 1 fully saturated rings. The normalized spacial score (nSPS) is 15.7. The average Bonchev–Trinajstić information content (AvgIpc) is 3.11. The number of piperazine rings is 1. The molecule has 0 spiro atoms. The number of aromatic nitrogens is 2. The number of pyridine rings is 1. The maximum Gasteiger partial charge on any atom is 0.226 e. The maximum absolute atomic E-state index is 5.97. The van der Waals surface area contributed by atoms with Gasteiger partial charge in [-0.1, -0.05) is 6.07 Å². The third-order valence-electron chi connectivity index (χ3n) is 5.56. The van der Waals surface area contributed by atoms with Gasteiger partial charge in [-0.15, -0.1) is 11.8 Å². The summed E-state index contributed by atoms with van der Waals surface area (Å²) in [4.78, 5) is 15.5. The third kappa shape index (κ3) is 4.89. The third-order valence-corrected chi connectivity index (χ3v) is 6.30. The lowest BCUT2D eigenvalue weighted by Gasteiger charge is -2.34. The second-order valence-corrected chi connectivity index (χ2v) is 8.45. The summed E-state index contributed by atoms with van der Waals surface area (Å²) in [5.74, 6) is 1.63. The Kier molecular flexibility index (Phi) is 6.33. The molecule has 152 valence electrons. The minimum atomic E-state index is 0.717. The van der Waals surface area contributed by atoms with Crippen LogP contribution in [-0.4, -0.2) is 52.2 Å². The minimum Gasteiger partial charge on any atom is -0.441 e. The van der Waals surface area contributed by atoms with E-state index in [0.717, 1.165) is 62.2 Å². The monoisotopic (exact) mass is 408 g/mol. The smallest absolute Gasteiger partial charge is 0.226 e. The van der Waals surface area contributed by atoms with Gasteiger partial charge in [0.05, 0.1) is 11.4 Å². The Morgan fingerprint density at radius 2 is 1.59 bits per heavy atom. The quantitative estimate of drug-likeness (QED) is 0.564. The van der Waals surface area contributed by atoms with Crippen molar-refractivity contribution < 1.29 is 4.42 Å². The molecular formula is C23H28N4OS. The maximum atomic E-state index is 5.97. The summed E-state index contributed by atoms with van der Waals surface area (Å²) in [6.07, 6.45) is 3.97. The van der Waals surface area contributed by atoms with Crippen molar-refractivity contribution in [1.29, 1.82) is 0 Å². The van der Waals surface area contributed by atoms with Crippen molar-refractivity contribution in [2.75, 3.05) is 32.4 Å². The van der Waals surface area contributed by atoms with E-state index in [2.05, 4.69) is 58.3 Å². The van der Waals surface area contributed by atoms with Crippen LogP contribution >= 0.6 is 11.8 Å². The number of hydrogen-bond acceptors (Lipinski definition) is 6. The van der Waals surface area contributed by atoms with Crippen molar-refractivity contribution in [1.82, 2.24) is 19.8 Å². The van der Waals surface area contributed by atoms with Crippen LogP contribution in [0.25, 0.3) is 11.5 Å². The molecular weight excluding hydrogens is 380 g/mol. The Morgan fingerprint density at radius 1 is 0.931 bits per heavy atom. The van der Waals surface area contributed by atoms with Gasteiger partial charge in [-0.2, -0.15) is 0 Å². The van der Waals surface area contributed by atoms with Crippen LogP contribution in [0.2, 0.25) is 0 Å². The number of rotatable bonds is 6. The number of nitrogens with zero attached hydrogens (tertiary/aromatic N) is 4. The predicted octanol–water partition coefficient (Wildman–Crippen LogP) is 4.39. The lowest BCUT2D eigenvalue weighted by molar-refractivity contribution is 0.119. The molecule has 1 aromatic carbocycles. The van der Waals surface area contributed by atoms with E-state index in [1.807, 2.05) is 19.2 Å². The van der Waals surface area contributed by atoms with E-state index in [0.29, 0.717) is 0 Å². The predicted molar refractivity (Wildman–Crippen MR) is 118 cm³/mol. The van der Waals surface area contributed by atoms with Gasteiger partial charge in [0.25, 0.3) is 0 Å². The van der Waals surface area contributed by atoms with Crippen LogP contribution in [-0.2, 0) is 13.1 Å². The van der Waals surface area contributed by atoms with E-state index >= 15 is 0 Å². The second-order valence-electron chi connectivity index (χ2n) is 7.57. The average molecular weight is 409 g/mol. The van der Waals surface area contributed by atoms with Crippen LogP contribution in [0, 0.1) is 13.8 Å². The fraction of sp³-hybridized carbons (Fsp3) is 0.391. The summed E-state index contributed by atoms with van der Waals surface area (Å²) < 4.78 is 5.97. The van der Waals surface area contributed by atoms with Crippen LogP contribution < -0.4 is 0 Å². The summed E-state index contributed by atoms with van der Waals surface area (Å²) in [5.41, 5.74) is 4.53. The van der Waals surface area contributed by atoms with Crippen molar-refractivity contribution >= 4 is 11.8 Å². The van der Waals surface area contributed by atoms with Gasteiger partial charge in [0.1, 0.15) is 5.76 Å². The Morgan fingerprint density at radius 3 is 2.21 bits per heavy atom. The Hall–Kier alpha value is -2.15. The first-order valence-corrected chi connectivity index (χ1v) is 11.3. The van der Waals surface area contributed by atoms with E-state index in [1.165, 1.54) is 16.2 Å². The van der Waals surface area contributed by atoms with E-state index in [-0.39, 0.29) is 0 Å². The molecule has 1 saturated heterocycles. The van der Waals surface area contributed by atoms with Crippen LogP contribution in [0.1, 0.15) is 22.7 Å². The molecule has 0 amide bonds. The van der Waals surface area contributed by atoms with Crippen molar-refractivity contribution in [2.24, 2.45) is 0 Å². The molecule has 1 aliphatic rings. The Balaban J connectivity index is 1.34. The van der Waals surface area contributed by atoms with Gasteiger partial charge in [0.2, 0.25) is 5.89 Å². The fourth-order valence-electron chi connectivity index (χ4n) is 3.64. The van der Waals surface area contributed by atoms with Gasteiger partial charge in [-0.3, -0.25) is 14.8 Å². The molecule has 5 nitrogen and oxygen atoms in total. The molecule has 0 radical (unpaired) electrons. The van der Waals surface area contributed by atoms with Gasteiger partial charge in [0, 0.05) is 55.9 Å². The summed E-state index contributed by atoms with van der Waals surface area (Å²) >= 11 is 1.74. The molecule has 1 aliphatic heterocycles. The molecule has 0 N–H and O–H groups in total. The van der Waals surface area contributed by atoms with E-state index in [1.54, 1.807) is 11.8 Å². The second kappa shape index (κ2) is 9.11. The largest absolute Gasteiger partial charge is 0.441 e. The number of hydrogen-bond donors (Lipinski definition) is 0. The highest BCUT2D eigenvalue weighted by Gasteiger charge is 2.20.